The van der Waals surface area contributed by atoms with E-state index in [4.69, 9.17) is 27.9 Å². The molecular weight excluding hydrogens is 514 g/mol. The Bertz CT molecular complexity index is 1220. The molecule has 1 N–H and O–H groups in total. The van der Waals surface area contributed by atoms with Gasteiger partial charge in [0, 0.05) is 24.5 Å². The van der Waals surface area contributed by atoms with Gasteiger partial charge in [0.05, 0.1) is 22.7 Å². The zero-order valence-electron chi connectivity index (χ0n) is 21.0. The highest BCUT2D eigenvalue weighted by atomic mass is 35.5. The van der Waals surface area contributed by atoms with Crippen LogP contribution < -0.4 is 4.74 Å². The number of pyridine rings is 1. The van der Waals surface area contributed by atoms with E-state index in [2.05, 4.69) is 9.88 Å². The Morgan fingerprint density at radius 2 is 2.08 bits per heavy atom. The Morgan fingerprint density at radius 3 is 2.86 bits per heavy atom. The summed E-state index contributed by atoms with van der Waals surface area (Å²) in [7, 11) is 1.59. The van der Waals surface area contributed by atoms with Crippen molar-refractivity contribution in [3.8, 4) is 5.75 Å². The van der Waals surface area contributed by atoms with E-state index in [0.29, 0.717) is 40.7 Å². The lowest BCUT2D eigenvalue weighted by Crippen LogP contribution is -2.42. The number of carboxylic acids is 1. The van der Waals surface area contributed by atoms with Crippen LogP contribution >= 0.6 is 23.2 Å². The Labute approximate surface area is 227 Å². The summed E-state index contributed by atoms with van der Waals surface area (Å²) in [6, 6.07) is 12.9. The van der Waals surface area contributed by atoms with Gasteiger partial charge in [-0.15, -0.1) is 0 Å². The van der Waals surface area contributed by atoms with Gasteiger partial charge in [-0.3, -0.25) is 9.78 Å². The van der Waals surface area contributed by atoms with Gasteiger partial charge >= 0.3 is 5.97 Å². The van der Waals surface area contributed by atoms with E-state index in [9.17, 15) is 9.90 Å². The molecule has 37 heavy (non-hydrogen) atoms. The number of aromatic nitrogens is 1. The monoisotopic (exact) mass is 546 g/mol. The maximum Gasteiger partial charge on any atom is 0.303 e. The molecule has 198 valence electrons. The van der Waals surface area contributed by atoms with Crippen molar-refractivity contribution >= 4 is 40.1 Å². The summed E-state index contributed by atoms with van der Waals surface area (Å²) in [6.07, 6.45) is 4.19. The number of hydrogen-bond donors (Lipinski definition) is 1. The van der Waals surface area contributed by atoms with Crippen LogP contribution in [0.3, 0.4) is 0 Å². The van der Waals surface area contributed by atoms with Crippen molar-refractivity contribution in [2.45, 2.75) is 44.7 Å². The van der Waals surface area contributed by atoms with Gasteiger partial charge in [0.1, 0.15) is 11.9 Å². The fourth-order valence-electron chi connectivity index (χ4n) is 5.49. The summed E-state index contributed by atoms with van der Waals surface area (Å²) in [5, 5.41) is 11.5. The average Bonchev–Trinajstić information content (AvgIpc) is 2.89. The molecule has 0 amide bonds. The number of aryl methyl sites for hydroxylation is 1. The molecule has 0 spiro atoms. The molecule has 0 bridgehead atoms. The number of rotatable bonds is 11. The minimum atomic E-state index is -1.15. The van der Waals surface area contributed by atoms with Crippen molar-refractivity contribution in [3.63, 3.8) is 0 Å². The first-order valence-corrected chi connectivity index (χ1v) is 13.5. The molecule has 1 aliphatic rings. The Morgan fingerprint density at radius 1 is 1.24 bits per heavy atom. The summed E-state index contributed by atoms with van der Waals surface area (Å²) < 4.78 is 20.8. The maximum atomic E-state index is 15.5. The number of carbonyl (C=O) groups is 1. The van der Waals surface area contributed by atoms with E-state index in [1.165, 1.54) is 0 Å². The first-order valence-electron chi connectivity index (χ1n) is 12.8. The molecule has 8 heteroatoms. The fourth-order valence-corrected chi connectivity index (χ4v) is 5.91. The summed E-state index contributed by atoms with van der Waals surface area (Å²) in [5.41, 5.74) is 2.37. The molecule has 2 aromatic carbocycles. The normalized spacial score (nSPS) is 19.1. The number of hydrogen-bond acceptors (Lipinski definition) is 4. The third-order valence-electron chi connectivity index (χ3n) is 7.48. The second-order valence-electron chi connectivity index (χ2n) is 9.85. The van der Waals surface area contributed by atoms with Crippen LogP contribution in [0.1, 0.15) is 49.4 Å². The Hall–Kier alpha value is -2.41. The van der Waals surface area contributed by atoms with Crippen LogP contribution in [-0.4, -0.2) is 47.7 Å². The molecular formula is C29H33Cl2FN2O3. The molecule has 1 saturated heterocycles. The molecule has 0 saturated carbocycles. The number of piperidine rings is 1. The first-order chi connectivity index (χ1) is 17.9. The molecule has 3 atom stereocenters. The third kappa shape index (κ3) is 7.13. The van der Waals surface area contributed by atoms with E-state index in [1.807, 2.05) is 30.3 Å². The second kappa shape index (κ2) is 12.9. The number of aliphatic carboxylic acids is 1. The lowest BCUT2D eigenvalue weighted by atomic mass is 9.79. The number of ether oxygens (including phenoxy) is 1. The number of halogens is 3. The van der Waals surface area contributed by atoms with Gasteiger partial charge < -0.3 is 14.7 Å². The fraction of sp³-hybridized carbons (Fsp3) is 0.448. The van der Waals surface area contributed by atoms with Crippen molar-refractivity contribution in [1.82, 2.24) is 9.88 Å². The number of carboxylic acid groups (broad SMARTS) is 1. The van der Waals surface area contributed by atoms with Crippen molar-refractivity contribution < 1.29 is 19.0 Å². The third-order valence-corrected chi connectivity index (χ3v) is 8.33. The maximum absolute atomic E-state index is 15.5. The summed E-state index contributed by atoms with van der Waals surface area (Å²) >= 11 is 12.4. The van der Waals surface area contributed by atoms with Crippen molar-refractivity contribution in [2.75, 3.05) is 26.7 Å². The number of alkyl halides is 1. The lowest BCUT2D eigenvalue weighted by molar-refractivity contribution is -0.139. The van der Waals surface area contributed by atoms with Crippen LogP contribution in [-0.2, 0) is 11.2 Å². The largest absolute Gasteiger partial charge is 0.497 e. The van der Waals surface area contributed by atoms with E-state index >= 15 is 4.39 Å². The van der Waals surface area contributed by atoms with Gasteiger partial charge in [-0.1, -0.05) is 35.3 Å². The van der Waals surface area contributed by atoms with E-state index in [1.54, 1.807) is 25.4 Å². The van der Waals surface area contributed by atoms with Crippen LogP contribution in [0.15, 0.2) is 48.7 Å². The minimum absolute atomic E-state index is 0.00230. The summed E-state index contributed by atoms with van der Waals surface area (Å²) in [5.74, 6) is 0.0464. The average molecular weight is 547 g/mol. The molecule has 2 heterocycles. The zero-order valence-corrected chi connectivity index (χ0v) is 22.5. The van der Waals surface area contributed by atoms with Gasteiger partial charge in [-0.25, -0.2) is 4.39 Å². The molecule has 1 fully saturated rings. The van der Waals surface area contributed by atoms with Crippen LogP contribution in [0.4, 0.5) is 4.39 Å². The van der Waals surface area contributed by atoms with Gasteiger partial charge in [-0.05, 0) is 98.5 Å². The highest BCUT2D eigenvalue weighted by molar-refractivity contribution is 6.42. The number of nitrogens with zero attached hydrogens (tertiary/aromatic N) is 2. The highest BCUT2D eigenvalue weighted by Crippen LogP contribution is 2.36. The quantitative estimate of drug-likeness (QED) is 0.271. The van der Waals surface area contributed by atoms with Gasteiger partial charge in [0.15, 0.2) is 0 Å². The van der Waals surface area contributed by atoms with Gasteiger partial charge in [0.2, 0.25) is 0 Å². The van der Waals surface area contributed by atoms with Crippen LogP contribution in [0.25, 0.3) is 10.9 Å². The molecule has 0 radical (unpaired) electrons. The van der Waals surface area contributed by atoms with Crippen molar-refractivity contribution in [2.24, 2.45) is 11.8 Å². The molecule has 1 aromatic heterocycles. The zero-order chi connectivity index (χ0) is 26.4. The summed E-state index contributed by atoms with van der Waals surface area (Å²) in [4.78, 5) is 18.3. The van der Waals surface area contributed by atoms with Crippen LogP contribution in [0, 0.1) is 11.8 Å². The SMILES string of the molecule is COc1ccc2nccc([C@@H](F)CC[C@@H]3CCN(CCCc4cccc(Cl)c4Cl)C[C@@H]3CC(=O)O)c2c1. The van der Waals surface area contributed by atoms with Crippen LogP contribution in [0.2, 0.25) is 10.0 Å². The van der Waals surface area contributed by atoms with E-state index < -0.39 is 12.1 Å². The van der Waals surface area contributed by atoms with Crippen molar-refractivity contribution in [3.05, 3.63) is 69.8 Å². The van der Waals surface area contributed by atoms with E-state index in [-0.39, 0.29) is 18.3 Å². The topological polar surface area (TPSA) is 62.7 Å². The highest BCUT2D eigenvalue weighted by Gasteiger charge is 2.31. The standard InChI is InChI=1S/C29H33Cl2FN2O3/c1-37-22-8-10-27-24(17-22)23(11-13-33-27)26(32)9-7-19-12-15-34(18-21(19)16-28(35)36)14-3-5-20-4-2-6-25(30)29(20)31/h2,4,6,8,10-11,13,17,19,21,26H,3,5,7,9,12,14-16,18H2,1H3,(H,35,36)/t19-,21+,26+/m1/s1. The van der Waals surface area contributed by atoms with Gasteiger partial charge in [-0.2, -0.15) is 0 Å². The predicted molar refractivity (Wildman–Crippen MR) is 146 cm³/mol. The van der Waals surface area contributed by atoms with Crippen LogP contribution in [0.5, 0.6) is 5.75 Å². The molecule has 4 rings (SSSR count). The van der Waals surface area contributed by atoms with E-state index in [0.717, 1.165) is 48.8 Å². The molecule has 3 aromatic rings. The molecule has 1 aliphatic heterocycles. The smallest absolute Gasteiger partial charge is 0.303 e. The first kappa shape index (κ1) is 27.6. The number of fused-ring (bicyclic) bond motifs is 1. The lowest BCUT2D eigenvalue weighted by Gasteiger charge is -2.38. The Kier molecular flexibility index (Phi) is 9.63. The van der Waals surface area contributed by atoms with Crippen molar-refractivity contribution in [1.29, 1.82) is 0 Å². The molecule has 0 unspecified atom stereocenters. The number of likely N-dealkylation sites (tertiary alicyclic amines) is 1. The molecule has 0 aliphatic carbocycles. The summed E-state index contributed by atoms with van der Waals surface area (Å²) in [6.45, 7) is 2.46. The molecule has 5 nitrogen and oxygen atoms in total. The van der Waals surface area contributed by atoms with Gasteiger partial charge in [0.25, 0.3) is 0 Å². The minimum Gasteiger partial charge on any atom is -0.497 e. The predicted octanol–water partition coefficient (Wildman–Crippen LogP) is 7.39. The number of methoxy groups -OCH3 is 1. The number of benzene rings is 2. The Balaban J connectivity index is 1.35. The second-order valence-corrected chi connectivity index (χ2v) is 10.6.